The van der Waals surface area contributed by atoms with Crippen LogP contribution >= 0.6 is 0 Å². The summed E-state index contributed by atoms with van der Waals surface area (Å²) >= 11 is 0. The van der Waals surface area contributed by atoms with Crippen molar-refractivity contribution in [3.8, 4) is 0 Å². The zero-order valence-electron chi connectivity index (χ0n) is 9.38. The average Bonchev–Trinajstić information content (AvgIpc) is 2.26. The minimum Gasteiger partial charge on any atom is -0.478 e. The van der Waals surface area contributed by atoms with E-state index in [0.717, 1.165) is 24.7 Å². The van der Waals surface area contributed by atoms with Gasteiger partial charge in [-0.1, -0.05) is 6.07 Å². The zero-order chi connectivity index (χ0) is 12.6. The normalized spacial score (nSPS) is 15.5. The monoisotopic (exact) mass is 255 g/mol. The maximum absolute atomic E-state index is 11.6. The van der Waals surface area contributed by atoms with Gasteiger partial charge in [0, 0.05) is 6.54 Å². The summed E-state index contributed by atoms with van der Waals surface area (Å²) < 4.78 is 24.5. The number of hydrogen-bond donors (Lipinski definition) is 1. The molecule has 0 saturated heterocycles. The standard InChI is InChI=1S/C11H13NO4S/c1-17(15,16)12-6-2-3-8-4-5-9(11(13)14)7-10(8)12/h4-5,7H,2-3,6H2,1H3,(H,13,14). The van der Waals surface area contributed by atoms with Gasteiger partial charge in [-0.05, 0) is 30.5 Å². The Labute approximate surface area is 99.7 Å². The number of carbonyl (C=O) groups is 1. The molecular formula is C11H13NO4S. The molecule has 0 fully saturated rings. The number of anilines is 1. The molecule has 17 heavy (non-hydrogen) atoms. The lowest BCUT2D eigenvalue weighted by molar-refractivity contribution is 0.0697. The molecule has 1 aliphatic rings. The lowest BCUT2D eigenvalue weighted by Crippen LogP contribution is -2.34. The summed E-state index contributed by atoms with van der Waals surface area (Å²) in [6.45, 7) is 0.412. The first-order valence-electron chi connectivity index (χ1n) is 5.23. The van der Waals surface area contributed by atoms with Crippen molar-refractivity contribution < 1.29 is 18.3 Å². The van der Waals surface area contributed by atoms with Gasteiger partial charge in [-0.15, -0.1) is 0 Å². The summed E-state index contributed by atoms with van der Waals surface area (Å²) in [4.78, 5) is 10.9. The number of nitrogens with zero attached hydrogens (tertiary/aromatic N) is 1. The van der Waals surface area contributed by atoms with Gasteiger partial charge in [-0.3, -0.25) is 4.31 Å². The van der Waals surface area contributed by atoms with Crippen LogP contribution in [0.5, 0.6) is 0 Å². The first-order valence-corrected chi connectivity index (χ1v) is 7.08. The molecule has 0 spiro atoms. The van der Waals surface area contributed by atoms with E-state index in [0.29, 0.717) is 12.2 Å². The maximum atomic E-state index is 11.6. The molecule has 0 aromatic heterocycles. The number of benzene rings is 1. The van der Waals surface area contributed by atoms with E-state index < -0.39 is 16.0 Å². The third kappa shape index (κ3) is 2.26. The van der Waals surface area contributed by atoms with Gasteiger partial charge < -0.3 is 5.11 Å². The molecule has 1 aromatic rings. The summed E-state index contributed by atoms with van der Waals surface area (Å²) in [7, 11) is -3.34. The second kappa shape index (κ2) is 4.03. The molecule has 92 valence electrons. The fourth-order valence-corrected chi connectivity index (χ4v) is 3.01. The second-order valence-electron chi connectivity index (χ2n) is 4.09. The predicted molar refractivity (Wildman–Crippen MR) is 63.9 cm³/mol. The fraction of sp³-hybridized carbons (Fsp3) is 0.364. The number of carboxylic acids is 1. The van der Waals surface area contributed by atoms with E-state index in [2.05, 4.69) is 0 Å². The van der Waals surface area contributed by atoms with E-state index in [1.807, 2.05) is 0 Å². The van der Waals surface area contributed by atoms with Crippen molar-refractivity contribution in [2.24, 2.45) is 0 Å². The van der Waals surface area contributed by atoms with Crippen LogP contribution in [-0.4, -0.2) is 32.3 Å². The van der Waals surface area contributed by atoms with Crippen molar-refractivity contribution in [1.82, 2.24) is 0 Å². The Balaban J connectivity index is 2.56. The van der Waals surface area contributed by atoms with E-state index in [4.69, 9.17) is 5.11 Å². The lowest BCUT2D eigenvalue weighted by atomic mass is 10.0. The molecule has 0 radical (unpaired) electrons. The van der Waals surface area contributed by atoms with E-state index in [9.17, 15) is 13.2 Å². The highest BCUT2D eigenvalue weighted by Crippen LogP contribution is 2.29. The third-order valence-corrected chi connectivity index (χ3v) is 3.99. The van der Waals surface area contributed by atoms with Crippen molar-refractivity contribution in [2.45, 2.75) is 12.8 Å². The van der Waals surface area contributed by atoms with Gasteiger partial charge in [-0.2, -0.15) is 0 Å². The predicted octanol–water partition coefficient (Wildman–Crippen LogP) is 1.10. The summed E-state index contributed by atoms with van der Waals surface area (Å²) in [5.41, 5.74) is 1.49. The van der Waals surface area contributed by atoms with Crippen LogP contribution in [0.2, 0.25) is 0 Å². The number of sulfonamides is 1. The fourth-order valence-electron chi connectivity index (χ4n) is 2.02. The molecule has 2 rings (SSSR count). The minimum atomic E-state index is -3.34. The van der Waals surface area contributed by atoms with Crippen LogP contribution in [-0.2, 0) is 16.4 Å². The van der Waals surface area contributed by atoms with E-state index >= 15 is 0 Å². The molecule has 1 aromatic carbocycles. The smallest absolute Gasteiger partial charge is 0.335 e. The molecule has 0 saturated carbocycles. The van der Waals surface area contributed by atoms with Crippen molar-refractivity contribution in [2.75, 3.05) is 17.1 Å². The molecule has 0 bridgehead atoms. The first kappa shape index (κ1) is 11.9. The van der Waals surface area contributed by atoms with Crippen molar-refractivity contribution in [3.63, 3.8) is 0 Å². The van der Waals surface area contributed by atoms with Crippen LogP contribution < -0.4 is 4.31 Å². The summed E-state index contributed by atoms with van der Waals surface area (Å²) in [6.07, 6.45) is 2.67. The zero-order valence-corrected chi connectivity index (χ0v) is 10.2. The van der Waals surface area contributed by atoms with Gasteiger partial charge in [0.1, 0.15) is 0 Å². The number of fused-ring (bicyclic) bond motifs is 1. The molecule has 1 heterocycles. The largest absolute Gasteiger partial charge is 0.478 e. The highest BCUT2D eigenvalue weighted by molar-refractivity contribution is 7.92. The number of rotatable bonds is 2. The quantitative estimate of drug-likeness (QED) is 0.858. The molecule has 0 atom stereocenters. The topological polar surface area (TPSA) is 74.7 Å². The molecule has 0 unspecified atom stereocenters. The lowest BCUT2D eigenvalue weighted by Gasteiger charge is -2.29. The van der Waals surface area contributed by atoms with E-state index in [1.54, 1.807) is 6.07 Å². The molecule has 6 heteroatoms. The van der Waals surface area contributed by atoms with Gasteiger partial charge in [0.15, 0.2) is 0 Å². The minimum absolute atomic E-state index is 0.110. The highest BCUT2D eigenvalue weighted by atomic mass is 32.2. The molecule has 1 aliphatic heterocycles. The van der Waals surface area contributed by atoms with Crippen molar-refractivity contribution >= 4 is 21.7 Å². The van der Waals surface area contributed by atoms with Crippen molar-refractivity contribution in [3.05, 3.63) is 29.3 Å². The number of aromatic carboxylic acids is 1. The first-order chi connectivity index (χ1) is 7.89. The van der Waals surface area contributed by atoms with Gasteiger partial charge in [0.25, 0.3) is 0 Å². The van der Waals surface area contributed by atoms with Gasteiger partial charge in [0.05, 0.1) is 17.5 Å². The van der Waals surface area contributed by atoms with Crippen LogP contribution in [0.3, 0.4) is 0 Å². The summed E-state index contributed by atoms with van der Waals surface area (Å²) in [5, 5.41) is 8.91. The van der Waals surface area contributed by atoms with Gasteiger partial charge >= 0.3 is 5.97 Å². The number of aryl methyl sites for hydroxylation is 1. The van der Waals surface area contributed by atoms with Gasteiger partial charge in [-0.25, -0.2) is 13.2 Å². The molecule has 1 N–H and O–H groups in total. The molecular weight excluding hydrogens is 242 g/mol. The Morgan fingerprint density at radius 3 is 2.71 bits per heavy atom. The molecule has 0 aliphatic carbocycles. The SMILES string of the molecule is CS(=O)(=O)N1CCCc2ccc(C(=O)O)cc21. The van der Waals surface area contributed by atoms with Crippen LogP contribution in [0, 0.1) is 0 Å². The number of hydrogen-bond acceptors (Lipinski definition) is 3. The highest BCUT2D eigenvalue weighted by Gasteiger charge is 2.24. The molecule has 5 nitrogen and oxygen atoms in total. The van der Waals surface area contributed by atoms with Crippen LogP contribution in [0.15, 0.2) is 18.2 Å². The number of carboxylic acid groups (broad SMARTS) is 1. The van der Waals surface area contributed by atoms with Crippen LogP contribution in [0.25, 0.3) is 0 Å². The Hall–Kier alpha value is -1.56. The average molecular weight is 255 g/mol. The Kier molecular flexibility index (Phi) is 2.82. The van der Waals surface area contributed by atoms with Crippen LogP contribution in [0.1, 0.15) is 22.3 Å². The Bertz CT molecular complexity index is 565. The van der Waals surface area contributed by atoms with Crippen molar-refractivity contribution in [1.29, 1.82) is 0 Å². The third-order valence-electron chi connectivity index (χ3n) is 2.81. The Morgan fingerprint density at radius 2 is 2.12 bits per heavy atom. The van der Waals surface area contributed by atoms with E-state index in [1.165, 1.54) is 16.4 Å². The molecule has 0 amide bonds. The van der Waals surface area contributed by atoms with Gasteiger partial charge in [0.2, 0.25) is 10.0 Å². The second-order valence-corrected chi connectivity index (χ2v) is 5.99. The summed E-state index contributed by atoms with van der Waals surface area (Å²) in [6, 6.07) is 4.63. The van der Waals surface area contributed by atoms with Crippen LogP contribution in [0.4, 0.5) is 5.69 Å². The maximum Gasteiger partial charge on any atom is 0.335 e. The summed E-state index contributed by atoms with van der Waals surface area (Å²) in [5.74, 6) is -1.05. The Morgan fingerprint density at radius 1 is 1.41 bits per heavy atom. The van der Waals surface area contributed by atoms with E-state index in [-0.39, 0.29) is 5.56 Å².